The molecule has 4 heterocycles. The van der Waals surface area contributed by atoms with Crippen LogP contribution in [-0.2, 0) is 22.4 Å². The molecule has 12 heteroatoms. The first-order valence-corrected chi connectivity index (χ1v) is 18.3. The standard InChI is InChI=1S/C40H40Cl2FN3O6/c1-49-35-13-12-29(18-37(35)50-24-26-6-7-26)36(19-30-31(41)20-44-21-32(30)42)51-39(47)28-10-8-25(9-11-28)22-46(34-5-3-2-4-33(34)43)40(48)52-38-23-45-16-14-27(38)15-17-45/h2-5,8-13,18,20-21,26-27,36,38H,6-7,14-17,19,22-24H2,1H3/t36-,38-/m0/s1. The number of hydrogen-bond donors (Lipinski definition) is 0. The molecule has 0 unspecified atom stereocenters. The number of amides is 1. The highest BCUT2D eigenvalue weighted by molar-refractivity contribution is 6.35. The van der Waals surface area contributed by atoms with Crippen LogP contribution in [0.25, 0.3) is 0 Å². The van der Waals surface area contributed by atoms with Crippen LogP contribution in [0.3, 0.4) is 0 Å². The minimum Gasteiger partial charge on any atom is -0.493 e. The molecule has 4 aromatic rings. The van der Waals surface area contributed by atoms with Crippen molar-refractivity contribution >= 4 is 41.0 Å². The monoisotopic (exact) mass is 747 g/mol. The average Bonchev–Trinajstić information content (AvgIpc) is 4.00. The van der Waals surface area contributed by atoms with Gasteiger partial charge in [-0.15, -0.1) is 0 Å². The van der Waals surface area contributed by atoms with Gasteiger partial charge in [0.05, 0.1) is 41.6 Å². The van der Waals surface area contributed by atoms with E-state index in [1.54, 1.807) is 55.6 Å². The summed E-state index contributed by atoms with van der Waals surface area (Å²) in [7, 11) is 1.58. The molecule has 4 aliphatic rings. The van der Waals surface area contributed by atoms with Crippen LogP contribution < -0.4 is 14.4 Å². The number of esters is 1. The van der Waals surface area contributed by atoms with E-state index in [0.717, 1.165) is 38.8 Å². The number of pyridine rings is 1. The van der Waals surface area contributed by atoms with Crippen molar-refractivity contribution < 1.29 is 32.9 Å². The van der Waals surface area contributed by atoms with Gasteiger partial charge in [-0.2, -0.15) is 0 Å². The second-order valence-electron chi connectivity index (χ2n) is 13.6. The second kappa shape index (κ2) is 16.1. The topological polar surface area (TPSA) is 90.4 Å². The quantitative estimate of drug-likeness (QED) is 0.126. The molecule has 0 radical (unpaired) electrons. The summed E-state index contributed by atoms with van der Waals surface area (Å²) in [6.07, 6.45) is 5.75. The number of carbonyl (C=O) groups is 2. The lowest BCUT2D eigenvalue weighted by atomic mass is 9.86. The van der Waals surface area contributed by atoms with Gasteiger partial charge in [0.25, 0.3) is 0 Å². The number of piperidine rings is 3. The Hall–Kier alpha value is -4.38. The first kappa shape index (κ1) is 36.0. The smallest absolute Gasteiger partial charge is 0.415 e. The number of methoxy groups -OCH3 is 1. The minimum absolute atomic E-state index is 0.0351. The molecule has 1 saturated carbocycles. The van der Waals surface area contributed by atoms with Crippen LogP contribution >= 0.6 is 23.2 Å². The lowest BCUT2D eigenvalue weighted by Gasteiger charge is -2.44. The van der Waals surface area contributed by atoms with E-state index in [-0.39, 0.29) is 30.3 Å². The van der Waals surface area contributed by atoms with Crippen molar-refractivity contribution in [1.29, 1.82) is 0 Å². The number of rotatable bonds is 13. The second-order valence-corrected chi connectivity index (χ2v) is 14.5. The Labute approximate surface area is 312 Å². The molecule has 3 saturated heterocycles. The fraction of sp³-hybridized carbons (Fsp3) is 0.375. The largest absolute Gasteiger partial charge is 0.493 e. The van der Waals surface area contributed by atoms with Crippen LogP contribution in [0.5, 0.6) is 11.5 Å². The maximum absolute atomic E-state index is 15.1. The Morgan fingerprint density at radius 3 is 2.35 bits per heavy atom. The summed E-state index contributed by atoms with van der Waals surface area (Å²) in [5.41, 5.74) is 2.33. The Morgan fingerprint density at radius 1 is 0.962 bits per heavy atom. The lowest BCUT2D eigenvalue weighted by Crippen LogP contribution is -2.53. The molecule has 4 fully saturated rings. The van der Waals surface area contributed by atoms with E-state index in [1.165, 1.54) is 23.4 Å². The van der Waals surface area contributed by atoms with E-state index >= 15 is 4.39 Å². The maximum Gasteiger partial charge on any atom is 0.415 e. The van der Waals surface area contributed by atoms with Crippen LogP contribution in [0, 0.1) is 17.7 Å². The van der Waals surface area contributed by atoms with Gasteiger partial charge in [0, 0.05) is 25.4 Å². The molecule has 2 atom stereocenters. The summed E-state index contributed by atoms with van der Waals surface area (Å²) in [4.78, 5) is 35.0. The van der Waals surface area contributed by atoms with Crippen molar-refractivity contribution in [2.75, 3.05) is 38.3 Å². The van der Waals surface area contributed by atoms with Gasteiger partial charge in [-0.3, -0.25) is 14.8 Å². The summed E-state index contributed by atoms with van der Waals surface area (Å²) < 4.78 is 38.8. The van der Waals surface area contributed by atoms with Crippen LogP contribution in [-0.4, -0.2) is 61.4 Å². The van der Waals surface area contributed by atoms with Gasteiger partial charge in [-0.25, -0.2) is 14.0 Å². The van der Waals surface area contributed by atoms with Gasteiger partial charge in [-0.05, 0) is 104 Å². The third-order valence-corrected chi connectivity index (χ3v) is 10.7. The maximum atomic E-state index is 15.1. The van der Waals surface area contributed by atoms with E-state index in [0.29, 0.717) is 63.2 Å². The molecule has 3 aliphatic heterocycles. The first-order valence-electron chi connectivity index (χ1n) is 17.6. The minimum atomic E-state index is -0.795. The molecule has 1 aliphatic carbocycles. The summed E-state index contributed by atoms with van der Waals surface area (Å²) in [5.74, 6) is 0.832. The number of benzene rings is 3. The van der Waals surface area contributed by atoms with Crippen LogP contribution in [0.1, 0.15) is 58.8 Å². The number of fused-ring (bicyclic) bond motifs is 3. The third-order valence-electron chi connectivity index (χ3n) is 10.1. The Morgan fingerprint density at radius 2 is 1.69 bits per heavy atom. The average molecular weight is 749 g/mol. The number of hydrogen-bond acceptors (Lipinski definition) is 8. The number of anilines is 1. The van der Waals surface area contributed by atoms with E-state index in [2.05, 4.69) is 9.88 Å². The van der Waals surface area contributed by atoms with Crippen molar-refractivity contribution in [3.63, 3.8) is 0 Å². The van der Waals surface area contributed by atoms with Gasteiger partial charge >= 0.3 is 12.1 Å². The van der Waals surface area contributed by atoms with E-state index < -0.39 is 24.0 Å². The molecular formula is C40H40Cl2FN3O6. The molecule has 3 aromatic carbocycles. The number of aromatic nitrogens is 1. The molecule has 1 amide bonds. The fourth-order valence-electron chi connectivity index (χ4n) is 6.83. The van der Waals surface area contributed by atoms with Crippen LogP contribution in [0.2, 0.25) is 10.0 Å². The Bertz CT molecular complexity index is 1880. The zero-order valence-electron chi connectivity index (χ0n) is 28.8. The molecule has 8 rings (SSSR count). The molecule has 9 nitrogen and oxygen atoms in total. The molecule has 52 heavy (non-hydrogen) atoms. The molecule has 2 bridgehead atoms. The SMILES string of the molecule is COc1ccc([C@H](Cc2c(Cl)cncc2Cl)OC(=O)c2ccc(CN(C(=O)O[C@H]3CN4CCC3CC4)c3ccccc3F)cc2)cc1OCC1CC1. The highest BCUT2D eigenvalue weighted by atomic mass is 35.5. The Balaban J connectivity index is 1.10. The fourth-order valence-corrected chi connectivity index (χ4v) is 7.35. The van der Waals surface area contributed by atoms with E-state index in [4.69, 9.17) is 42.1 Å². The normalized spacial score (nSPS) is 19.8. The molecule has 272 valence electrons. The van der Waals surface area contributed by atoms with E-state index in [1.807, 2.05) is 12.1 Å². The Kier molecular flexibility index (Phi) is 11.1. The van der Waals surface area contributed by atoms with Gasteiger partial charge < -0.3 is 18.9 Å². The van der Waals surface area contributed by atoms with Crippen molar-refractivity contribution in [3.8, 4) is 11.5 Å². The van der Waals surface area contributed by atoms with E-state index in [9.17, 15) is 9.59 Å². The number of carbonyl (C=O) groups excluding carboxylic acids is 2. The summed E-state index contributed by atoms with van der Waals surface area (Å²) >= 11 is 13.0. The van der Waals surface area contributed by atoms with Crippen molar-refractivity contribution in [2.45, 2.75) is 50.9 Å². The third kappa shape index (κ3) is 8.46. The lowest BCUT2D eigenvalue weighted by molar-refractivity contribution is -0.0311. The number of ether oxygens (including phenoxy) is 4. The summed E-state index contributed by atoms with van der Waals surface area (Å²) in [5, 5.41) is 0.700. The predicted octanol–water partition coefficient (Wildman–Crippen LogP) is 8.70. The highest BCUT2D eigenvalue weighted by Gasteiger charge is 2.38. The number of halogens is 3. The van der Waals surface area contributed by atoms with Crippen molar-refractivity contribution in [2.24, 2.45) is 11.8 Å². The predicted molar refractivity (Wildman–Crippen MR) is 196 cm³/mol. The van der Waals surface area contributed by atoms with Gasteiger partial charge in [-0.1, -0.05) is 53.5 Å². The molecule has 0 N–H and O–H groups in total. The van der Waals surface area contributed by atoms with Crippen LogP contribution in [0.15, 0.2) is 79.1 Å². The van der Waals surface area contributed by atoms with Crippen molar-refractivity contribution in [3.05, 3.63) is 117 Å². The number of nitrogens with zero attached hydrogens (tertiary/aromatic N) is 3. The van der Waals surface area contributed by atoms with Gasteiger partial charge in [0.15, 0.2) is 11.5 Å². The highest BCUT2D eigenvalue weighted by Crippen LogP contribution is 2.38. The van der Waals surface area contributed by atoms with Crippen molar-refractivity contribution in [1.82, 2.24) is 9.88 Å². The summed E-state index contributed by atoms with van der Waals surface area (Å²) in [6, 6.07) is 18.2. The number of para-hydroxylation sites is 1. The van der Waals surface area contributed by atoms with Crippen LogP contribution in [0.4, 0.5) is 14.9 Å². The zero-order chi connectivity index (χ0) is 36.2. The zero-order valence-corrected chi connectivity index (χ0v) is 30.3. The van der Waals surface area contributed by atoms with Gasteiger partial charge in [0.1, 0.15) is 18.0 Å². The molecular weight excluding hydrogens is 708 g/mol. The first-order chi connectivity index (χ1) is 25.2. The van der Waals surface area contributed by atoms with Gasteiger partial charge in [0.2, 0.25) is 0 Å². The molecule has 1 aromatic heterocycles. The molecule has 0 spiro atoms. The summed E-state index contributed by atoms with van der Waals surface area (Å²) in [6.45, 7) is 3.31.